The molecule has 0 aliphatic heterocycles. The van der Waals surface area contributed by atoms with Gasteiger partial charge in [0, 0.05) is 11.4 Å². The van der Waals surface area contributed by atoms with E-state index in [2.05, 4.69) is 10.4 Å². The van der Waals surface area contributed by atoms with Gasteiger partial charge in [0.25, 0.3) is 5.91 Å². The fraction of sp³-hybridized carbons (Fsp3) is 0.316. The molecule has 1 aromatic carbocycles. The number of hydrogen-bond acceptors (Lipinski definition) is 5. The molecule has 0 bridgehead atoms. The first-order valence-electron chi connectivity index (χ1n) is 8.69. The molecule has 0 unspecified atom stereocenters. The molecule has 1 aliphatic rings. The van der Waals surface area contributed by atoms with Crippen molar-refractivity contribution < 1.29 is 14.3 Å². The quantitative estimate of drug-likeness (QED) is 0.656. The number of nitrogens with one attached hydrogen (secondary N) is 1. The Morgan fingerprint density at radius 2 is 2.11 bits per heavy atom. The predicted molar refractivity (Wildman–Crippen MR) is 105 cm³/mol. The molecule has 4 rings (SSSR count). The summed E-state index contributed by atoms with van der Waals surface area (Å²) in [5, 5.41) is 8.81. The first kappa shape index (κ1) is 18.0. The van der Waals surface area contributed by atoms with Gasteiger partial charge in [-0.15, -0.1) is 11.3 Å². The van der Waals surface area contributed by atoms with Crippen molar-refractivity contribution in [3.63, 3.8) is 0 Å². The average Bonchev–Trinajstić information content (AvgIpc) is 3.25. The molecule has 1 aliphatic carbocycles. The van der Waals surface area contributed by atoms with Gasteiger partial charge in [-0.3, -0.25) is 4.79 Å². The number of aromatic nitrogens is 2. The molecule has 2 heterocycles. The smallest absolute Gasteiger partial charge is 0.349 e. The Kier molecular flexibility index (Phi) is 4.65. The molecule has 2 aromatic heterocycles. The van der Waals surface area contributed by atoms with Crippen molar-refractivity contribution in [2.24, 2.45) is 0 Å². The zero-order chi connectivity index (χ0) is 19.1. The Morgan fingerprint density at radius 3 is 2.81 bits per heavy atom. The number of esters is 1. The molecule has 140 valence electrons. The van der Waals surface area contributed by atoms with Crippen LogP contribution in [0.1, 0.15) is 35.1 Å². The van der Waals surface area contributed by atoms with E-state index >= 15 is 0 Å². The number of carbonyl (C=O) groups excluding carboxylic acids is 2. The lowest BCUT2D eigenvalue weighted by atomic mass is 10.3. The summed E-state index contributed by atoms with van der Waals surface area (Å²) >= 11 is 7.57. The van der Waals surface area contributed by atoms with E-state index in [1.54, 1.807) is 23.7 Å². The van der Waals surface area contributed by atoms with Gasteiger partial charge in [-0.2, -0.15) is 5.10 Å². The van der Waals surface area contributed by atoms with Crippen LogP contribution in [0.5, 0.6) is 0 Å². The summed E-state index contributed by atoms with van der Waals surface area (Å²) in [5.41, 5.74) is 1.54. The molecule has 0 radical (unpaired) electrons. The summed E-state index contributed by atoms with van der Waals surface area (Å²) < 4.78 is 7.07. The Labute approximate surface area is 165 Å². The molecule has 0 saturated heterocycles. The number of thiophene rings is 1. The van der Waals surface area contributed by atoms with Crippen molar-refractivity contribution in [1.29, 1.82) is 0 Å². The van der Waals surface area contributed by atoms with Crippen LogP contribution in [-0.4, -0.2) is 33.8 Å². The highest BCUT2D eigenvalue weighted by Crippen LogP contribution is 2.32. The molecule has 8 heteroatoms. The highest BCUT2D eigenvalue weighted by Gasteiger charge is 2.28. The standard InChI is InChI=1S/C19H18ClN3O3S/c1-10-13-9-16(19(25)26-11(2)17(24)21-12-7-8-12)27-18(13)23(22-10)15-6-4-3-5-14(15)20/h3-6,9,11-12H,7-8H2,1-2H3,(H,21,24)/t11-/m1/s1. The molecule has 1 fully saturated rings. The third-order valence-electron chi connectivity index (χ3n) is 4.40. The van der Waals surface area contributed by atoms with Crippen molar-refractivity contribution in [3.8, 4) is 5.69 Å². The molecule has 1 atom stereocenters. The van der Waals surface area contributed by atoms with Crippen LogP contribution >= 0.6 is 22.9 Å². The number of amides is 1. The molecular weight excluding hydrogens is 386 g/mol. The van der Waals surface area contributed by atoms with E-state index in [1.807, 2.05) is 25.1 Å². The lowest BCUT2D eigenvalue weighted by Gasteiger charge is -2.12. The zero-order valence-corrected chi connectivity index (χ0v) is 16.4. The van der Waals surface area contributed by atoms with Crippen LogP contribution in [0.2, 0.25) is 5.02 Å². The van der Waals surface area contributed by atoms with Crippen molar-refractivity contribution in [2.75, 3.05) is 0 Å². The maximum atomic E-state index is 12.5. The SMILES string of the molecule is Cc1nn(-c2ccccc2Cl)c2sc(C(=O)O[C@H](C)C(=O)NC3CC3)cc12. The number of aryl methyl sites for hydroxylation is 1. The van der Waals surface area contributed by atoms with Crippen LogP contribution in [0.3, 0.4) is 0 Å². The minimum atomic E-state index is -0.829. The Balaban J connectivity index is 1.60. The third kappa shape index (κ3) is 3.57. The monoisotopic (exact) mass is 403 g/mol. The summed E-state index contributed by atoms with van der Waals surface area (Å²) in [6, 6.07) is 9.38. The zero-order valence-electron chi connectivity index (χ0n) is 14.9. The highest BCUT2D eigenvalue weighted by molar-refractivity contribution is 7.20. The van der Waals surface area contributed by atoms with Gasteiger partial charge in [-0.1, -0.05) is 23.7 Å². The van der Waals surface area contributed by atoms with Crippen LogP contribution < -0.4 is 5.32 Å². The summed E-state index contributed by atoms with van der Waals surface area (Å²) in [4.78, 5) is 25.7. The fourth-order valence-electron chi connectivity index (χ4n) is 2.75. The van der Waals surface area contributed by atoms with Gasteiger partial charge < -0.3 is 10.1 Å². The topological polar surface area (TPSA) is 73.2 Å². The van der Waals surface area contributed by atoms with E-state index in [-0.39, 0.29) is 11.9 Å². The van der Waals surface area contributed by atoms with Crippen LogP contribution in [0.25, 0.3) is 15.9 Å². The average molecular weight is 404 g/mol. The number of hydrogen-bond donors (Lipinski definition) is 1. The van der Waals surface area contributed by atoms with Gasteiger partial charge >= 0.3 is 5.97 Å². The summed E-state index contributed by atoms with van der Waals surface area (Å²) in [6.45, 7) is 3.46. The van der Waals surface area contributed by atoms with Gasteiger partial charge in [0.1, 0.15) is 9.71 Å². The number of fused-ring (bicyclic) bond motifs is 1. The summed E-state index contributed by atoms with van der Waals surface area (Å²) in [7, 11) is 0. The lowest BCUT2D eigenvalue weighted by molar-refractivity contribution is -0.129. The number of carbonyl (C=O) groups is 2. The second-order valence-electron chi connectivity index (χ2n) is 6.61. The summed E-state index contributed by atoms with van der Waals surface area (Å²) in [6.07, 6.45) is 1.14. The van der Waals surface area contributed by atoms with E-state index in [0.717, 1.165) is 34.4 Å². The number of benzene rings is 1. The van der Waals surface area contributed by atoms with E-state index in [0.29, 0.717) is 9.90 Å². The van der Waals surface area contributed by atoms with E-state index in [9.17, 15) is 9.59 Å². The minimum Gasteiger partial charge on any atom is -0.448 e. The predicted octanol–water partition coefficient (Wildman–Crippen LogP) is 3.87. The van der Waals surface area contributed by atoms with Crippen molar-refractivity contribution in [2.45, 2.75) is 38.8 Å². The molecule has 1 saturated carbocycles. The van der Waals surface area contributed by atoms with Gasteiger partial charge in [0.2, 0.25) is 0 Å². The van der Waals surface area contributed by atoms with Crippen LogP contribution in [0.15, 0.2) is 30.3 Å². The van der Waals surface area contributed by atoms with Crippen molar-refractivity contribution >= 4 is 45.0 Å². The van der Waals surface area contributed by atoms with Gasteiger partial charge in [-0.25, -0.2) is 9.48 Å². The normalized spacial score (nSPS) is 14.9. The van der Waals surface area contributed by atoms with Gasteiger partial charge in [0.15, 0.2) is 6.10 Å². The second kappa shape index (κ2) is 6.98. The molecule has 27 heavy (non-hydrogen) atoms. The molecule has 3 aromatic rings. The number of para-hydroxylation sites is 1. The van der Waals surface area contributed by atoms with Gasteiger partial charge in [0.05, 0.1) is 16.4 Å². The third-order valence-corrected chi connectivity index (χ3v) is 5.81. The number of ether oxygens (including phenoxy) is 1. The van der Waals surface area contributed by atoms with Crippen LogP contribution in [0, 0.1) is 6.92 Å². The van der Waals surface area contributed by atoms with E-state index in [1.165, 1.54) is 11.3 Å². The second-order valence-corrected chi connectivity index (χ2v) is 8.05. The fourth-order valence-corrected chi connectivity index (χ4v) is 4.03. The maximum absolute atomic E-state index is 12.5. The molecule has 0 spiro atoms. The first-order chi connectivity index (χ1) is 12.9. The van der Waals surface area contributed by atoms with E-state index in [4.69, 9.17) is 16.3 Å². The Bertz CT molecular complexity index is 1040. The lowest BCUT2D eigenvalue weighted by Crippen LogP contribution is -2.36. The Morgan fingerprint density at radius 1 is 1.37 bits per heavy atom. The molecule has 1 N–H and O–H groups in total. The van der Waals surface area contributed by atoms with E-state index < -0.39 is 12.1 Å². The highest BCUT2D eigenvalue weighted by atomic mass is 35.5. The first-order valence-corrected chi connectivity index (χ1v) is 9.89. The number of nitrogens with zero attached hydrogens (tertiary/aromatic N) is 2. The van der Waals surface area contributed by atoms with Crippen molar-refractivity contribution in [1.82, 2.24) is 15.1 Å². The number of halogens is 1. The van der Waals surface area contributed by atoms with Gasteiger partial charge in [-0.05, 0) is 44.9 Å². The van der Waals surface area contributed by atoms with Crippen molar-refractivity contribution in [3.05, 3.63) is 45.9 Å². The minimum absolute atomic E-state index is 0.229. The molecule has 6 nitrogen and oxygen atoms in total. The van der Waals surface area contributed by atoms with Crippen LogP contribution in [0.4, 0.5) is 0 Å². The molecule has 1 amide bonds. The Hall–Kier alpha value is -2.38. The summed E-state index contributed by atoms with van der Waals surface area (Å²) in [5.74, 6) is -0.773. The molecular formula is C19H18ClN3O3S. The largest absolute Gasteiger partial charge is 0.448 e. The van der Waals surface area contributed by atoms with Crippen LogP contribution in [-0.2, 0) is 9.53 Å². The number of rotatable bonds is 5. The maximum Gasteiger partial charge on any atom is 0.349 e.